The van der Waals surface area contributed by atoms with Gasteiger partial charge in [0.1, 0.15) is 0 Å². The van der Waals surface area contributed by atoms with Gasteiger partial charge in [0.2, 0.25) is 15.9 Å². The van der Waals surface area contributed by atoms with Crippen LogP contribution < -0.4 is 10.0 Å². The Morgan fingerprint density at radius 2 is 1.92 bits per heavy atom. The summed E-state index contributed by atoms with van der Waals surface area (Å²) in [6, 6.07) is 6.37. The number of ether oxygens (including phenoxy) is 1. The van der Waals surface area contributed by atoms with Crippen LogP contribution in [0.15, 0.2) is 29.6 Å². The second-order valence-electron chi connectivity index (χ2n) is 5.46. The van der Waals surface area contributed by atoms with Gasteiger partial charge in [-0.15, -0.1) is 11.3 Å². The Morgan fingerprint density at radius 3 is 2.54 bits per heavy atom. The lowest BCUT2D eigenvalue weighted by atomic mass is 10.2. The number of esters is 1. The fraction of sp³-hybridized carbons (Fsp3) is 0.312. The highest BCUT2D eigenvalue weighted by Gasteiger charge is 2.11. The van der Waals surface area contributed by atoms with Gasteiger partial charge in [-0.1, -0.05) is 6.92 Å². The van der Waals surface area contributed by atoms with Crippen LogP contribution in [0.3, 0.4) is 0 Å². The monoisotopic (exact) mass is 397 g/mol. The highest BCUT2D eigenvalue weighted by Crippen LogP contribution is 2.17. The van der Waals surface area contributed by atoms with Crippen molar-refractivity contribution in [3.63, 3.8) is 0 Å². The maximum Gasteiger partial charge on any atom is 0.338 e. The summed E-state index contributed by atoms with van der Waals surface area (Å²) in [6.45, 7) is 2.27. The summed E-state index contributed by atoms with van der Waals surface area (Å²) in [5.74, 6) is -0.708. The standard InChI is InChI=1S/C16H19N3O5S2/c1-3-8-24-15(21)11-4-6-12(7-5-11)17-14(20)9-13-10-25-16(18-13)19-26(2,22)23/h4-7,10H,3,8-9H2,1-2H3,(H,17,20)(H,18,19). The lowest BCUT2D eigenvalue weighted by Crippen LogP contribution is -2.15. The number of amides is 1. The number of carbonyl (C=O) groups excluding carboxylic acids is 2. The number of thiazole rings is 1. The van der Waals surface area contributed by atoms with E-state index in [1.165, 1.54) is 0 Å². The maximum atomic E-state index is 12.1. The summed E-state index contributed by atoms with van der Waals surface area (Å²) < 4.78 is 29.6. The molecule has 0 spiro atoms. The molecule has 0 bridgehead atoms. The summed E-state index contributed by atoms with van der Waals surface area (Å²) in [6.07, 6.45) is 1.78. The molecule has 2 N–H and O–H groups in total. The summed E-state index contributed by atoms with van der Waals surface area (Å²) in [5.41, 5.74) is 1.40. The summed E-state index contributed by atoms with van der Waals surface area (Å²) >= 11 is 1.10. The predicted octanol–water partition coefficient (Wildman–Crippen LogP) is 2.26. The number of benzene rings is 1. The average Bonchev–Trinajstić information content (AvgIpc) is 2.97. The normalized spacial score (nSPS) is 11.0. The van der Waals surface area contributed by atoms with Gasteiger partial charge in [0.15, 0.2) is 5.13 Å². The van der Waals surface area contributed by atoms with Gasteiger partial charge in [0, 0.05) is 11.1 Å². The summed E-state index contributed by atoms with van der Waals surface area (Å²) in [5, 5.41) is 4.52. The molecule has 140 valence electrons. The van der Waals surface area contributed by atoms with Crippen molar-refractivity contribution in [2.75, 3.05) is 22.9 Å². The largest absolute Gasteiger partial charge is 0.462 e. The van der Waals surface area contributed by atoms with E-state index in [1.807, 2.05) is 6.92 Å². The Labute approximate surface area is 155 Å². The van der Waals surface area contributed by atoms with Gasteiger partial charge in [-0.2, -0.15) is 0 Å². The number of nitrogens with one attached hydrogen (secondary N) is 2. The van der Waals surface area contributed by atoms with Crippen LogP contribution in [0.25, 0.3) is 0 Å². The van der Waals surface area contributed by atoms with E-state index >= 15 is 0 Å². The van der Waals surface area contributed by atoms with Crippen LogP contribution in [-0.4, -0.2) is 38.1 Å². The van der Waals surface area contributed by atoms with E-state index in [0.29, 0.717) is 23.6 Å². The fourth-order valence-electron chi connectivity index (χ4n) is 1.93. The molecule has 26 heavy (non-hydrogen) atoms. The van der Waals surface area contributed by atoms with E-state index in [0.717, 1.165) is 24.0 Å². The second kappa shape index (κ2) is 8.77. The number of hydrogen-bond acceptors (Lipinski definition) is 7. The lowest BCUT2D eigenvalue weighted by Gasteiger charge is -2.06. The lowest BCUT2D eigenvalue weighted by molar-refractivity contribution is -0.115. The number of nitrogens with zero attached hydrogens (tertiary/aromatic N) is 1. The first-order valence-corrected chi connectivity index (χ1v) is 10.5. The molecule has 0 atom stereocenters. The van der Waals surface area contributed by atoms with E-state index in [2.05, 4.69) is 15.0 Å². The van der Waals surface area contributed by atoms with Crippen LogP contribution in [0, 0.1) is 0 Å². The van der Waals surface area contributed by atoms with E-state index in [9.17, 15) is 18.0 Å². The van der Waals surface area contributed by atoms with Gasteiger partial charge in [0.05, 0.1) is 30.5 Å². The maximum absolute atomic E-state index is 12.1. The molecular weight excluding hydrogens is 378 g/mol. The first-order chi connectivity index (χ1) is 12.3. The van der Waals surface area contributed by atoms with Crippen LogP contribution in [0.5, 0.6) is 0 Å². The van der Waals surface area contributed by atoms with Gasteiger partial charge in [-0.25, -0.2) is 18.2 Å². The number of hydrogen-bond donors (Lipinski definition) is 2. The highest BCUT2D eigenvalue weighted by molar-refractivity contribution is 7.92. The van der Waals surface area contributed by atoms with Gasteiger partial charge in [0.25, 0.3) is 0 Å². The molecule has 2 aromatic rings. The third kappa shape index (κ3) is 6.45. The van der Waals surface area contributed by atoms with Crippen molar-refractivity contribution in [1.82, 2.24) is 4.98 Å². The Hall–Kier alpha value is -2.46. The van der Waals surface area contributed by atoms with Gasteiger partial charge in [-0.3, -0.25) is 9.52 Å². The average molecular weight is 397 g/mol. The van der Waals surface area contributed by atoms with Gasteiger partial charge >= 0.3 is 5.97 Å². The van der Waals surface area contributed by atoms with E-state index in [1.54, 1.807) is 29.6 Å². The van der Waals surface area contributed by atoms with E-state index in [4.69, 9.17) is 4.74 Å². The Bertz CT molecular complexity index is 876. The molecule has 1 aromatic carbocycles. The Morgan fingerprint density at radius 1 is 1.23 bits per heavy atom. The zero-order chi connectivity index (χ0) is 19.2. The molecule has 0 fully saturated rings. The third-order valence-corrected chi connectivity index (χ3v) is 4.51. The molecule has 0 saturated heterocycles. The molecule has 10 heteroatoms. The predicted molar refractivity (Wildman–Crippen MR) is 99.9 cm³/mol. The van der Waals surface area contributed by atoms with Crippen LogP contribution in [0.1, 0.15) is 29.4 Å². The van der Waals surface area contributed by atoms with Crippen LogP contribution in [-0.2, 0) is 26.0 Å². The molecule has 0 aliphatic carbocycles. The quantitative estimate of drug-likeness (QED) is 0.661. The molecule has 1 heterocycles. The Balaban J connectivity index is 1.90. The minimum atomic E-state index is -3.40. The third-order valence-electron chi connectivity index (χ3n) is 3.01. The number of sulfonamides is 1. The SMILES string of the molecule is CCCOC(=O)c1ccc(NC(=O)Cc2csc(NS(C)(=O)=O)n2)cc1. The van der Waals surface area contributed by atoms with Crippen molar-refractivity contribution in [2.24, 2.45) is 0 Å². The van der Waals surface area contributed by atoms with Crippen molar-refractivity contribution in [1.29, 1.82) is 0 Å². The molecule has 0 unspecified atom stereocenters. The van der Waals surface area contributed by atoms with Crippen molar-refractivity contribution in [2.45, 2.75) is 19.8 Å². The smallest absolute Gasteiger partial charge is 0.338 e. The molecule has 0 aliphatic heterocycles. The highest BCUT2D eigenvalue weighted by atomic mass is 32.2. The van der Waals surface area contributed by atoms with E-state index in [-0.39, 0.29) is 17.5 Å². The Kier molecular flexibility index (Phi) is 6.70. The number of rotatable bonds is 8. The molecule has 1 amide bonds. The van der Waals surface area contributed by atoms with Crippen LogP contribution in [0.2, 0.25) is 0 Å². The van der Waals surface area contributed by atoms with Gasteiger partial charge in [-0.05, 0) is 30.7 Å². The van der Waals surface area contributed by atoms with Gasteiger partial charge < -0.3 is 10.1 Å². The molecule has 0 aliphatic rings. The molecule has 0 radical (unpaired) electrons. The minimum Gasteiger partial charge on any atom is -0.462 e. The first-order valence-electron chi connectivity index (χ1n) is 7.76. The zero-order valence-electron chi connectivity index (χ0n) is 14.3. The number of aromatic nitrogens is 1. The fourth-order valence-corrected chi connectivity index (χ4v) is 3.49. The first kappa shape index (κ1) is 19.9. The molecule has 2 rings (SSSR count). The van der Waals surface area contributed by atoms with Crippen molar-refractivity contribution in [3.8, 4) is 0 Å². The molecule has 8 nitrogen and oxygen atoms in total. The van der Waals surface area contributed by atoms with Crippen LogP contribution in [0.4, 0.5) is 10.8 Å². The van der Waals surface area contributed by atoms with Crippen molar-refractivity contribution < 1.29 is 22.7 Å². The molecule has 1 aromatic heterocycles. The van der Waals surface area contributed by atoms with E-state index < -0.39 is 16.0 Å². The number of carbonyl (C=O) groups is 2. The summed E-state index contributed by atoms with van der Waals surface area (Å²) in [4.78, 5) is 27.8. The minimum absolute atomic E-state index is 0.00222. The molecule has 0 saturated carbocycles. The topological polar surface area (TPSA) is 114 Å². The van der Waals surface area contributed by atoms with Crippen molar-refractivity contribution in [3.05, 3.63) is 40.9 Å². The second-order valence-corrected chi connectivity index (χ2v) is 8.06. The zero-order valence-corrected chi connectivity index (χ0v) is 15.9. The summed E-state index contributed by atoms with van der Waals surface area (Å²) in [7, 11) is -3.40. The number of anilines is 2. The molecular formula is C16H19N3O5S2. The van der Waals surface area contributed by atoms with Crippen molar-refractivity contribution >= 4 is 44.1 Å². The van der Waals surface area contributed by atoms with Crippen LogP contribution >= 0.6 is 11.3 Å².